The maximum Gasteiger partial charge on any atom is 0.195 e. The molecule has 1 aromatic heterocycles. The first-order valence-corrected chi connectivity index (χ1v) is 4.54. The van der Waals surface area contributed by atoms with E-state index in [4.69, 9.17) is 5.53 Å². The maximum absolute atomic E-state index is 11.5. The molecule has 0 N–H and O–H groups in total. The van der Waals surface area contributed by atoms with Gasteiger partial charge in [-0.1, -0.05) is 5.11 Å². The van der Waals surface area contributed by atoms with Crippen molar-refractivity contribution in [2.24, 2.45) is 5.11 Å². The third kappa shape index (κ3) is 1.78. The first-order valence-electron chi connectivity index (χ1n) is 4.54. The molecule has 0 radical (unpaired) electrons. The molecule has 5 heteroatoms. The van der Waals surface area contributed by atoms with Crippen LogP contribution < -0.4 is 4.73 Å². The van der Waals surface area contributed by atoms with Gasteiger partial charge in [0.1, 0.15) is 0 Å². The molecule has 0 spiro atoms. The summed E-state index contributed by atoms with van der Waals surface area (Å²) >= 11 is 0. The summed E-state index contributed by atoms with van der Waals surface area (Å²) in [4.78, 5) is 2.64. The van der Waals surface area contributed by atoms with E-state index in [1.54, 1.807) is 0 Å². The Bertz CT molecular complexity index is 394. The van der Waals surface area contributed by atoms with Crippen LogP contribution in [0.4, 0.5) is 0 Å². The first kappa shape index (κ1) is 8.84. The van der Waals surface area contributed by atoms with Crippen molar-refractivity contribution in [2.45, 2.75) is 25.3 Å². The van der Waals surface area contributed by atoms with Gasteiger partial charge < -0.3 is 5.21 Å². The van der Waals surface area contributed by atoms with Crippen molar-refractivity contribution in [1.29, 1.82) is 0 Å². The normalized spacial score (nSPS) is 14.9. The number of hydrogen-bond donors (Lipinski definition) is 0. The summed E-state index contributed by atoms with van der Waals surface area (Å²) in [6.07, 6.45) is 3.71. The van der Waals surface area contributed by atoms with Crippen LogP contribution >= 0.6 is 0 Å². The Hall–Kier alpha value is -1.74. The molecule has 2 rings (SSSR count). The Morgan fingerprint density at radius 2 is 2.36 bits per heavy atom. The minimum atomic E-state index is 0.240. The second-order valence-electron chi connectivity index (χ2n) is 3.45. The number of nitrogens with zero attached hydrogens (tertiary/aromatic N) is 4. The third-order valence-corrected chi connectivity index (χ3v) is 2.32. The summed E-state index contributed by atoms with van der Waals surface area (Å²) in [7, 11) is 0. The highest BCUT2D eigenvalue weighted by atomic mass is 16.5. The fourth-order valence-electron chi connectivity index (χ4n) is 1.44. The summed E-state index contributed by atoms with van der Waals surface area (Å²) in [5.41, 5.74) is 9.70. The highest BCUT2D eigenvalue weighted by Gasteiger charge is 2.30. The number of azide groups is 1. The molecule has 0 aliphatic heterocycles. The van der Waals surface area contributed by atoms with Crippen LogP contribution in [0.2, 0.25) is 0 Å². The molecular weight excluding hydrogens is 180 g/mol. The van der Waals surface area contributed by atoms with E-state index in [0.29, 0.717) is 5.92 Å². The maximum atomic E-state index is 11.5. The van der Waals surface area contributed by atoms with Crippen molar-refractivity contribution in [2.75, 3.05) is 0 Å². The molecule has 0 unspecified atom stereocenters. The van der Waals surface area contributed by atoms with Gasteiger partial charge in [-0.15, -0.1) is 0 Å². The Labute approximate surface area is 81.2 Å². The van der Waals surface area contributed by atoms with Gasteiger partial charge >= 0.3 is 0 Å². The zero-order chi connectivity index (χ0) is 9.97. The van der Waals surface area contributed by atoms with Crippen LogP contribution in [0.5, 0.6) is 0 Å². The van der Waals surface area contributed by atoms with E-state index in [9.17, 15) is 5.21 Å². The van der Waals surface area contributed by atoms with Crippen molar-refractivity contribution in [3.8, 4) is 0 Å². The minimum Gasteiger partial charge on any atom is -0.618 e. The SMILES string of the molecule is [N-]=[N+]=NCc1ccc(C2CC2)[n+]([O-])c1. The van der Waals surface area contributed by atoms with Gasteiger partial charge in [0.25, 0.3) is 0 Å². The van der Waals surface area contributed by atoms with Crippen LogP contribution in [-0.2, 0) is 6.54 Å². The second-order valence-corrected chi connectivity index (χ2v) is 3.45. The number of aromatic nitrogens is 1. The van der Waals surface area contributed by atoms with Gasteiger partial charge in [-0.2, -0.15) is 4.73 Å². The summed E-state index contributed by atoms with van der Waals surface area (Å²) in [6, 6.07) is 3.67. The first-order chi connectivity index (χ1) is 6.81. The van der Waals surface area contributed by atoms with E-state index >= 15 is 0 Å². The zero-order valence-corrected chi connectivity index (χ0v) is 7.63. The number of pyridine rings is 1. The number of rotatable bonds is 3. The molecule has 1 aliphatic carbocycles. The van der Waals surface area contributed by atoms with Gasteiger partial charge in [-0.25, -0.2) is 0 Å². The predicted molar refractivity (Wildman–Crippen MR) is 50.2 cm³/mol. The van der Waals surface area contributed by atoms with E-state index in [0.717, 1.165) is 28.8 Å². The molecule has 1 saturated carbocycles. The Morgan fingerprint density at radius 3 is 2.93 bits per heavy atom. The van der Waals surface area contributed by atoms with Crippen molar-refractivity contribution in [3.05, 3.63) is 45.2 Å². The van der Waals surface area contributed by atoms with Crippen molar-refractivity contribution < 1.29 is 4.73 Å². The van der Waals surface area contributed by atoms with Gasteiger partial charge in [0.05, 0.1) is 6.54 Å². The average molecular weight is 190 g/mol. The molecule has 0 aromatic carbocycles. The minimum absolute atomic E-state index is 0.240. The van der Waals surface area contributed by atoms with E-state index in [2.05, 4.69) is 10.0 Å². The summed E-state index contributed by atoms with van der Waals surface area (Å²) < 4.78 is 0.889. The van der Waals surface area contributed by atoms with Gasteiger partial charge in [0.2, 0.25) is 0 Å². The Morgan fingerprint density at radius 1 is 1.57 bits per heavy atom. The molecule has 0 saturated heterocycles. The summed E-state index contributed by atoms with van der Waals surface area (Å²) in [5.74, 6) is 0.445. The van der Waals surface area contributed by atoms with E-state index in [-0.39, 0.29) is 6.54 Å². The smallest absolute Gasteiger partial charge is 0.195 e. The summed E-state index contributed by atoms with van der Waals surface area (Å²) in [5, 5.41) is 14.9. The molecule has 1 aliphatic rings. The van der Waals surface area contributed by atoms with E-state index in [1.165, 1.54) is 6.20 Å². The standard InChI is InChI=1S/C9H10N4O/c10-12-11-5-7-1-4-9(8-2-3-8)13(14)6-7/h1,4,6,8H,2-3,5H2. The van der Waals surface area contributed by atoms with Crippen LogP contribution in [0.1, 0.15) is 30.0 Å². The van der Waals surface area contributed by atoms with Gasteiger partial charge in [0.15, 0.2) is 11.9 Å². The number of hydrogen-bond acceptors (Lipinski definition) is 2. The largest absolute Gasteiger partial charge is 0.618 e. The van der Waals surface area contributed by atoms with Crippen molar-refractivity contribution in [1.82, 2.24) is 0 Å². The lowest BCUT2D eigenvalue weighted by Gasteiger charge is -2.03. The molecule has 72 valence electrons. The molecular formula is C9H10N4O. The van der Waals surface area contributed by atoms with Gasteiger partial charge in [0, 0.05) is 22.5 Å². The highest BCUT2D eigenvalue weighted by Crippen LogP contribution is 2.38. The van der Waals surface area contributed by atoms with E-state index in [1.807, 2.05) is 12.1 Å². The molecule has 1 heterocycles. The second kappa shape index (κ2) is 3.55. The monoisotopic (exact) mass is 190 g/mol. The Balaban J connectivity index is 2.20. The van der Waals surface area contributed by atoms with Crippen LogP contribution in [0.25, 0.3) is 10.4 Å². The van der Waals surface area contributed by atoms with Crippen LogP contribution in [0, 0.1) is 5.21 Å². The molecule has 1 aromatic rings. The molecule has 1 fully saturated rings. The Kier molecular flexibility index (Phi) is 2.24. The lowest BCUT2D eigenvalue weighted by Crippen LogP contribution is -2.31. The van der Waals surface area contributed by atoms with E-state index < -0.39 is 0 Å². The van der Waals surface area contributed by atoms with Crippen molar-refractivity contribution in [3.63, 3.8) is 0 Å². The summed E-state index contributed by atoms with van der Waals surface area (Å²) in [6.45, 7) is 0.240. The molecule has 0 amide bonds. The van der Waals surface area contributed by atoms with Gasteiger partial charge in [-0.05, 0) is 24.4 Å². The molecule has 5 nitrogen and oxygen atoms in total. The average Bonchev–Trinajstić information content (AvgIpc) is 2.98. The van der Waals surface area contributed by atoms with Crippen molar-refractivity contribution >= 4 is 0 Å². The molecule has 14 heavy (non-hydrogen) atoms. The highest BCUT2D eigenvalue weighted by molar-refractivity contribution is 5.15. The van der Waals surface area contributed by atoms with Crippen LogP contribution in [0.3, 0.4) is 0 Å². The predicted octanol–water partition coefficient (Wildman–Crippen LogP) is 2.01. The molecule has 0 atom stereocenters. The fraction of sp³-hybridized carbons (Fsp3) is 0.444. The lowest BCUT2D eigenvalue weighted by molar-refractivity contribution is -0.614. The van der Waals surface area contributed by atoms with Crippen LogP contribution in [-0.4, -0.2) is 0 Å². The zero-order valence-electron chi connectivity index (χ0n) is 7.63. The van der Waals surface area contributed by atoms with Crippen LogP contribution in [0.15, 0.2) is 23.4 Å². The molecule has 0 bridgehead atoms. The lowest BCUT2D eigenvalue weighted by atomic mass is 10.2. The fourth-order valence-corrected chi connectivity index (χ4v) is 1.44. The van der Waals surface area contributed by atoms with Gasteiger partial charge in [-0.3, -0.25) is 0 Å². The third-order valence-electron chi connectivity index (χ3n) is 2.32. The topological polar surface area (TPSA) is 75.7 Å². The quantitative estimate of drug-likeness (QED) is 0.236.